The summed E-state index contributed by atoms with van der Waals surface area (Å²) in [5, 5.41) is 3.29. The van der Waals surface area contributed by atoms with Crippen molar-refractivity contribution in [3.05, 3.63) is 35.2 Å². The van der Waals surface area contributed by atoms with Gasteiger partial charge in [0.25, 0.3) is 0 Å². The van der Waals surface area contributed by atoms with Crippen LogP contribution in [0.4, 0.5) is 0 Å². The van der Waals surface area contributed by atoms with Crippen LogP contribution in [0.15, 0.2) is 29.6 Å². The Kier molecular flexibility index (Phi) is 1.98. The van der Waals surface area contributed by atoms with Gasteiger partial charge < -0.3 is 0 Å². The number of hydrogen-bond acceptors (Lipinski definition) is 2. The topological polar surface area (TPSA) is 17.1 Å². The van der Waals surface area contributed by atoms with Crippen molar-refractivity contribution in [1.82, 2.24) is 0 Å². The third kappa shape index (κ3) is 1.47. The van der Waals surface area contributed by atoms with Crippen LogP contribution >= 0.6 is 11.3 Å². The Hall–Kier alpha value is -1.15. The average Bonchev–Trinajstić information content (AvgIpc) is 2.82. The SMILES string of the molecule is O=C(c1cccc2ccsc12)C1CC2CC2C1. The summed E-state index contributed by atoms with van der Waals surface area (Å²) >= 11 is 1.69. The van der Waals surface area contributed by atoms with Crippen LogP contribution in [0.2, 0.25) is 0 Å². The molecule has 0 amide bonds. The molecule has 2 aromatic rings. The summed E-state index contributed by atoms with van der Waals surface area (Å²) in [5.41, 5.74) is 0.962. The van der Waals surface area contributed by atoms with E-state index in [1.807, 2.05) is 12.1 Å². The van der Waals surface area contributed by atoms with Crippen molar-refractivity contribution in [3.63, 3.8) is 0 Å². The maximum absolute atomic E-state index is 12.5. The zero-order valence-electron chi connectivity index (χ0n) is 9.56. The van der Waals surface area contributed by atoms with E-state index in [0.29, 0.717) is 11.7 Å². The molecular weight excluding hydrogens is 228 g/mol. The zero-order valence-corrected chi connectivity index (χ0v) is 10.4. The Morgan fingerprint density at radius 2 is 1.94 bits per heavy atom. The predicted octanol–water partition coefficient (Wildman–Crippen LogP) is 4.13. The van der Waals surface area contributed by atoms with Crippen molar-refractivity contribution < 1.29 is 4.79 Å². The maximum atomic E-state index is 12.5. The fourth-order valence-electron chi connectivity index (χ4n) is 3.34. The third-order valence-electron chi connectivity index (χ3n) is 4.36. The molecule has 2 unspecified atom stereocenters. The molecule has 1 nitrogen and oxygen atoms in total. The second-order valence-electron chi connectivity index (χ2n) is 5.43. The van der Waals surface area contributed by atoms with Gasteiger partial charge >= 0.3 is 0 Å². The quantitative estimate of drug-likeness (QED) is 0.724. The fraction of sp³-hybridized carbons (Fsp3) is 0.400. The number of fused-ring (bicyclic) bond motifs is 2. The lowest BCUT2D eigenvalue weighted by Gasteiger charge is -2.11. The minimum atomic E-state index is 0.312. The summed E-state index contributed by atoms with van der Waals surface area (Å²) in [4.78, 5) is 12.5. The molecule has 0 aliphatic heterocycles. The lowest BCUT2D eigenvalue weighted by molar-refractivity contribution is 0.0916. The fourth-order valence-corrected chi connectivity index (χ4v) is 4.25. The van der Waals surface area contributed by atoms with Crippen LogP contribution in [0.3, 0.4) is 0 Å². The largest absolute Gasteiger partial charge is 0.294 e. The molecular formula is C15H14OS. The van der Waals surface area contributed by atoms with E-state index in [0.717, 1.165) is 30.2 Å². The molecule has 0 spiro atoms. The molecule has 0 saturated heterocycles. The molecule has 0 bridgehead atoms. The second kappa shape index (κ2) is 3.42. The highest BCUT2D eigenvalue weighted by atomic mass is 32.1. The molecule has 4 rings (SSSR count). The monoisotopic (exact) mass is 242 g/mol. The van der Waals surface area contributed by atoms with Crippen molar-refractivity contribution in [1.29, 1.82) is 0 Å². The van der Waals surface area contributed by atoms with Gasteiger partial charge in [-0.05, 0) is 54.0 Å². The van der Waals surface area contributed by atoms with Crippen molar-refractivity contribution in [2.75, 3.05) is 0 Å². The van der Waals surface area contributed by atoms with Crippen LogP contribution in [0.1, 0.15) is 29.6 Å². The van der Waals surface area contributed by atoms with E-state index in [1.165, 1.54) is 16.5 Å². The maximum Gasteiger partial charge on any atom is 0.167 e. The first-order chi connectivity index (χ1) is 8.33. The summed E-state index contributed by atoms with van der Waals surface area (Å²) in [6.07, 6.45) is 3.67. The van der Waals surface area contributed by atoms with Gasteiger partial charge in [-0.15, -0.1) is 11.3 Å². The van der Waals surface area contributed by atoms with Gasteiger partial charge in [-0.2, -0.15) is 0 Å². The lowest BCUT2D eigenvalue weighted by Crippen LogP contribution is -2.13. The third-order valence-corrected chi connectivity index (χ3v) is 5.32. The number of hydrogen-bond donors (Lipinski definition) is 0. The van der Waals surface area contributed by atoms with E-state index in [2.05, 4.69) is 17.5 Å². The van der Waals surface area contributed by atoms with E-state index in [1.54, 1.807) is 11.3 Å². The van der Waals surface area contributed by atoms with Gasteiger partial charge in [-0.3, -0.25) is 4.79 Å². The van der Waals surface area contributed by atoms with Crippen LogP contribution in [0.25, 0.3) is 10.1 Å². The summed E-state index contributed by atoms with van der Waals surface area (Å²) in [5.74, 6) is 2.47. The van der Waals surface area contributed by atoms with Crippen LogP contribution in [0, 0.1) is 17.8 Å². The highest BCUT2D eigenvalue weighted by molar-refractivity contribution is 7.17. The molecule has 2 atom stereocenters. The molecule has 1 aromatic carbocycles. The first-order valence-corrected chi connectivity index (χ1v) is 7.21. The van der Waals surface area contributed by atoms with E-state index in [9.17, 15) is 4.79 Å². The number of benzene rings is 1. The standard InChI is InChI=1S/C15H14OS/c16-14(12-7-10-6-11(10)8-12)13-3-1-2-9-4-5-17-15(9)13/h1-5,10-12H,6-8H2. The Labute approximate surface area is 104 Å². The van der Waals surface area contributed by atoms with Gasteiger partial charge in [0.05, 0.1) is 0 Å². The minimum Gasteiger partial charge on any atom is -0.294 e. The Balaban J connectivity index is 1.73. The Morgan fingerprint density at radius 3 is 2.76 bits per heavy atom. The first-order valence-electron chi connectivity index (χ1n) is 6.33. The molecule has 2 aliphatic rings. The molecule has 86 valence electrons. The molecule has 2 fully saturated rings. The Bertz CT molecular complexity index is 588. The van der Waals surface area contributed by atoms with Crippen LogP contribution in [-0.4, -0.2) is 5.78 Å². The number of carbonyl (C=O) groups is 1. The molecule has 2 aliphatic carbocycles. The van der Waals surface area contributed by atoms with E-state index < -0.39 is 0 Å². The Morgan fingerprint density at radius 1 is 1.12 bits per heavy atom. The van der Waals surface area contributed by atoms with Gasteiger partial charge in [0.1, 0.15) is 0 Å². The van der Waals surface area contributed by atoms with Gasteiger partial charge in [-0.1, -0.05) is 12.1 Å². The minimum absolute atomic E-state index is 0.312. The molecule has 1 aromatic heterocycles. The van der Waals surface area contributed by atoms with Crippen molar-refractivity contribution in [2.45, 2.75) is 19.3 Å². The highest BCUT2D eigenvalue weighted by Gasteiger charge is 2.48. The van der Waals surface area contributed by atoms with Gasteiger partial charge in [0.2, 0.25) is 0 Å². The molecule has 2 heteroatoms. The van der Waals surface area contributed by atoms with E-state index in [-0.39, 0.29) is 0 Å². The summed E-state index contributed by atoms with van der Waals surface area (Å²) in [6, 6.07) is 8.21. The average molecular weight is 242 g/mol. The number of thiophene rings is 1. The van der Waals surface area contributed by atoms with Crippen molar-refractivity contribution >= 4 is 27.2 Å². The zero-order chi connectivity index (χ0) is 11.4. The van der Waals surface area contributed by atoms with Crippen molar-refractivity contribution in [2.24, 2.45) is 17.8 Å². The first kappa shape index (κ1) is 9.84. The van der Waals surface area contributed by atoms with Gasteiger partial charge in [-0.25, -0.2) is 0 Å². The second-order valence-corrected chi connectivity index (χ2v) is 6.35. The lowest BCUT2D eigenvalue weighted by atomic mass is 9.93. The van der Waals surface area contributed by atoms with Crippen LogP contribution in [0.5, 0.6) is 0 Å². The summed E-state index contributed by atoms with van der Waals surface area (Å²) < 4.78 is 1.18. The molecule has 0 radical (unpaired) electrons. The molecule has 2 saturated carbocycles. The van der Waals surface area contributed by atoms with Crippen LogP contribution < -0.4 is 0 Å². The summed E-state index contributed by atoms with van der Waals surface area (Å²) in [6.45, 7) is 0. The molecule has 0 N–H and O–H groups in total. The number of ketones is 1. The van der Waals surface area contributed by atoms with Crippen molar-refractivity contribution in [3.8, 4) is 0 Å². The highest BCUT2D eigenvalue weighted by Crippen LogP contribution is 2.55. The number of rotatable bonds is 2. The van der Waals surface area contributed by atoms with Gasteiger partial charge in [0.15, 0.2) is 5.78 Å². The number of Topliss-reactive ketones (excluding diaryl/α,β-unsaturated/α-hetero) is 1. The van der Waals surface area contributed by atoms with Gasteiger partial charge in [0, 0.05) is 16.2 Å². The van der Waals surface area contributed by atoms with E-state index in [4.69, 9.17) is 0 Å². The molecule has 17 heavy (non-hydrogen) atoms. The van der Waals surface area contributed by atoms with Crippen LogP contribution in [-0.2, 0) is 0 Å². The van der Waals surface area contributed by atoms with E-state index >= 15 is 0 Å². The molecule has 1 heterocycles. The number of carbonyl (C=O) groups excluding carboxylic acids is 1. The normalized spacial score (nSPS) is 30.5. The predicted molar refractivity (Wildman–Crippen MR) is 70.5 cm³/mol. The summed E-state index contributed by atoms with van der Waals surface area (Å²) in [7, 11) is 0. The smallest absolute Gasteiger partial charge is 0.167 e.